The third-order valence-electron chi connectivity index (χ3n) is 4.94. The van der Waals surface area contributed by atoms with E-state index in [0.29, 0.717) is 17.7 Å². The van der Waals surface area contributed by atoms with Gasteiger partial charge in [-0.05, 0) is 49.8 Å². The number of ether oxygens (including phenoxy) is 1. The average Bonchev–Trinajstić information content (AvgIpc) is 2.89. The van der Waals surface area contributed by atoms with E-state index in [1.54, 1.807) is 7.11 Å². The van der Waals surface area contributed by atoms with Crippen molar-refractivity contribution in [3.8, 4) is 5.75 Å². The summed E-state index contributed by atoms with van der Waals surface area (Å²) in [5, 5.41) is 13.6. The predicted molar refractivity (Wildman–Crippen MR) is 91.4 cm³/mol. The lowest BCUT2D eigenvalue weighted by Crippen LogP contribution is -2.33. The molecule has 2 N–H and O–H groups in total. The SMILES string of the molecule is CCC1(O)CCCC/C1=C\C=C1\C(=O)Nc2c(OC)cccc21. The number of hydrogen-bond donors (Lipinski definition) is 2. The highest BCUT2D eigenvalue weighted by molar-refractivity contribution is 6.32. The maximum absolute atomic E-state index is 12.3. The fraction of sp³-hybridized carbons (Fsp3) is 0.421. The first-order valence-electron chi connectivity index (χ1n) is 8.21. The summed E-state index contributed by atoms with van der Waals surface area (Å²) in [6.45, 7) is 2.01. The van der Waals surface area contributed by atoms with Gasteiger partial charge in [0.1, 0.15) is 5.75 Å². The Morgan fingerprint density at radius 2 is 2.17 bits per heavy atom. The van der Waals surface area contributed by atoms with E-state index in [9.17, 15) is 9.90 Å². The molecule has 1 aromatic rings. The first-order valence-corrected chi connectivity index (χ1v) is 8.21. The van der Waals surface area contributed by atoms with E-state index in [4.69, 9.17) is 4.74 Å². The van der Waals surface area contributed by atoms with Crippen LogP contribution in [0.2, 0.25) is 0 Å². The lowest BCUT2D eigenvalue weighted by atomic mass is 9.78. The zero-order chi connectivity index (χ0) is 16.4. The number of benzene rings is 1. The Morgan fingerprint density at radius 3 is 2.91 bits per heavy atom. The summed E-state index contributed by atoms with van der Waals surface area (Å²) >= 11 is 0. The molecule has 0 radical (unpaired) electrons. The van der Waals surface area contributed by atoms with Gasteiger partial charge in [-0.25, -0.2) is 0 Å². The first-order chi connectivity index (χ1) is 11.1. The fourth-order valence-electron chi connectivity index (χ4n) is 3.48. The molecule has 0 saturated heterocycles. The minimum absolute atomic E-state index is 0.128. The largest absolute Gasteiger partial charge is 0.495 e. The van der Waals surface area contributed by atoms with Crippen LogP contribution < -0.4 is 10.1 Å². The number of hydrogen-bond acceptors (Lipinski definition) is 3. The average molecular weight is 313 g/mol. The summed E-state index contributed by atoms with van der Waals surface area (Å²) in [6, 6.07) is 5.62. The van der Waals surface area contributed by atoms with Crippen molar-refractivity contribution in [3.05, 3.63) is 41.5 Å². The molecule has 23 heavy (non-hydrogen) atoms. The van der Waals surface area contributed by atoms with Crippen LogP contribution in [0, 0.1) is 0 Å². The van der Waals surface area contributed by atoms with Crippen LogP contribution in [0.3, 0.4) is 0 Å². The summed E-state index contributed by atoms with van der Waals surface area (Å²) in [7, 11) is 1.59. The molecular formula is C19H23NO3. The van der Waals surface area contributed by atoms with E-state index in [-0.39, 0.29) is 5.91 Å². The molecule has 4 heteroatoms. The van der Waals surface area contributed by atoms with Crippen molar-refractivity contribution in [2.45, 2.75) is 44.6 Å². The molecule has 1 amide bonds. The maximum Gasteiger partial charge on any atom is 0.256 e. The molecule has 3 rings (SSSR count). The van der Waals surface area contributed by atoms with E-state index in [1.165, 1.54) is 0 Å². The van der Waals surface area contributed by atoms with Gasteiger partial charge in [0.25, 0.3) is 5.91 Å². The minimum atomic E-state index is -0.721. The Balaban J connectivity index is 1.98. The molecule has 1 aliphatic heterocycles. The number of anilines is 1. The van der Waals surface area contributed by atoms with Gasteiger partial charge in [-0.15, -0.1) is 0 Å². The van der Waals surface area contributed by atoms with Crippen molar-refractivity contribution in [2.75, 3.05) is 12.4 Å². The third kappa shape index (κ3) is 2.79. The van der Waals surface area contributed by atoms with Gasteiger partial charge in [0.05, 0.1) is 18.4 Å². The van der Waals surface area contributed by atoms with Gasteiger partial charge in [-0.1, -0.05) is 25.1 Å². The van der Waals surface area contributed by atoms with E-state index in [1.807, 2.05) is 37.3 Å². The number of aliphatic hydroxyl groups is 1. The zero-order valence-corrected chi connectivity index (χ0v) is 13.7. The summed E-state index contributed by atoms with van der Waals surface area (Å²) in [6.07, 6.45) is 8.31. The number of nitrogens with one attached hydrogen (secondary N) is 1. The van der Waals surface area contributed by atoms with E-state index in [2.05, 4.69) is 5.32 Å². The number of carbonyl (C=O) groups is 1. The lowest BCUT2D eigenvalue weighted by molar-refractivity contribution is -0.110. The topological polar surface area (TPSA) is 58.6 Å². The molecule has 1 heterocycles. The zero-order valence-electron chi connectivity index (χ0n) is 13.7. The van der Waals surface area contributed by atoms with Gasteiger partial charge < -0.3 is 15.2 Å². The number of para-hydroxylation sites is 1. The highest BCUT2D eigenvalue weighted by atomic mass is 16.5. The van der Waals surface area contributed by atoms with Crippen LogP contribution in [0.5, 0.6) is 5.75 Å². The second kappa shape index (κ2) is 6.20. The number of amides is 1. The second-order valence-electron chi connectivity index (χ2n) is 6.20. The molecular weight excluding hydrogens is 290 g/mol. The first kappa shape index (κ1) is 15.8. The quantitative estimate of drug-likeness (QED) is 0.837. The molecule has 1 aliphatic carbocycles. The van der Waals surface area contributed by atoms with Gasteiger partial charge in [0.2, 0.25) is 0 Å². The van der Waals surface area contributed by atoms with Crippen LogP contribution in [0.4, 0.5) is 5.69 Å². The molecule has 1 atom stereocenters. The standard InChI is InChI=1S/C19H23NO3/c1-3-19(22)12-5-4-7-13(19)10-11-15-14-8-6-9-16(23-2)17(14)20-18(15)21/h6,8-11,22H,3-5,7,12H2,1-2H3,(H,20,21)/b13-10+,15-11+. The van der Waals surface area contributed by atoms with E-state index >= 15 is 0 Å². The second-order valence-corrected chi connectivity index (χ2v) is 6.20. The molecule has 4 nitrogen and oxygen atoms in total. The Kier molecular flexibility index (Phi) is 4.26. The molecule has 1 aromatic carbocycles. The van der Waals surface area contributed by atoms with Crippen LogP contribution in [0.25, 0.3) is 5.57 Å². The van der Waals surface area contributed by atoms with Gasteiger partial charge in [0.15, 0.2) is 0 Å². The molecule has 1 saturated carbocycles. The smallest absolute Gasteiger partial charge is 0.256 e. The van der Waals surface area contributed by atoms with Crippen LogP contribution in [-0.2, 0) is 4.79 Å². The van der Waals surface area contributed by atoms with E-state index < -0.39 is 5.60 Å². The van der Waals surface area contributed by atoms with Crippen molar-refractivity contribution in [1.29, 1.82) is 0 Å². The Morgan fingerprint density at radius 1 is 1.35 bits per heavy atom. The minimum Gasteiger partial charge on any atom is -0.495 e. The molecule has 1 unspecified atom stereocenters. The third-order valence-corrected chi connectivity index (χ3v) is 4.94. The van der Waals surface area contributed by atoms with Crippen LogP contribution in [0.1, 0.15) is 44.6 Å². The van der Waals surface area contributed by atoms with Gasteiger partial charge in [-0.2, -0.15) is 0 Å². The lowest BCUT2D eigenvalue weighted by Gasteiger charge is -2.34. The molecule has 2 aliphatic rings. The van der Waals surface area contributed by atoms with Crippen LogP contribution in [-0.4, -0.2) is 23.7 Å². The van der Waals surface area contributed by atoms with Gasteiger partial charge in [-0.3, -0.25) is 4.79 Å². The fourth-order valence-corrected chi connectivity index (χ4v) is 3.48. The number of methoxy groups -OCH3 is 1. The van der Waals surface area contributed by atoms with Crippen LogP contribution >= 0.6 is 0 Å². The molecule has 0 aromatic heterocycles. The van der Waals surface area contributed by atoms with Crippen molar-refractivity contribution in [3.63, 3.8) is 0 Å². The number of carbonyl (C=O) groups excluding carboxylic acids is 1. The number of allylic oxidation sites excluding steroid dienone is 2. The predicted octanol–water partition coefficient (Wildman–Crippen LogP) is 3.67. The molecule has 0 spiro atoms. The summed E-state index contributed by atoms with van der Waals surface area (Å²) in [5.41, 5.74) is 2.50. The number of fused-ring (bicyclic) bond motifs is 1. The number of rotatable bonds is 3. The summed E-state index contributed by atoms with van der Waals surface area (Å²) in [5.74, 6) is 0.534. The highest BCUT2D eigenvalue weighted by Gasteiger charge is 2.32. The molecule has 0 bridgehead atoms. The molecule has 1 fully saturated rings. The van der Waals surface area contributed by atoms with Gasteiger partial charge >= 0.3 is 0 Å². The Labute approximate surface area is 136 Å². The van der Waals surface area contributed by atoms with Crippen LogP contribution in [0.15, 0.2) is 35.9 Å². The normalized spacial score (nSPS) is 27.2. The maximum atomic E-state index is 12.3. The Hall–Kier alpha value is -2.07. The van der Waals surface area contributed by atoms with E-state index in [0.717, 1.165) is 42.5 Å². The summed E-state index contributed by atoms with van der Waals surface area (Å²) < 4.78 is 5.30. The Bertz CT molecular complexity index is 690. The van der Waals surface area contributed by atoms with Crippen molar-refractivity contribution in [2.24, 2.45) is 0 Å². The van der Waals surface area contributed by atoms with Gasteiger partial charge in [0, 0.05) is 11.1 Å². The van der Waals surface area contributed by atoms with Crippen molar-refractivity contribution >= 4 is 17.2 Å². The monoisotopic (exact) mass is 313 g/mol. The summed E-state index contributed by atoms with van der Waals surface area (Å²) in [4.78, 5) is 12.3. The molecule has 122 valence electrons. The highest BCUT2D eigenvalue weighted by Crippen LogP contribution is 2.40. The van der Waals surface area contributed by atoms with Crippen molar-refractivity contribution < 1.29 is 14.6 Å². The van der Waals surface area contributed by atoms with Crippen molar-refractivity contribution in [1.82, 2.24) is 0 Å².